The zero-order valence-electron chi connectivity index (χ0n) is 18.9. The van der Waals surface area contributed by atoms with E-state index >= 15 is 0 Å². The molecule has 6 heteroatoms. The Labute approximate surface area is 187 Å². The molecular weight excluding hydrogens is 410 g/mol. The first-order chi connectivity index (χ1) is 14.6. The van der Waals surface area contributed by atoms with Crippen molar-refractivity contribution in [2.45, 2.75) is 59.7 Å². The average Bonchev–Trinajstić information content (AvgIpc) is 3.11. The third kappa shape index (κ3) is 5.25. The number of carboxylic acids is 1. The molecule has 0 aliphatic heterocycles. The van der Waals surface area contributed by atoms with Crippen LogP contribution in [0.25, 0.3) is 10.6 Å². The number of rotatable bonds is 8. The Kier molecular flexibility index (Phi) is 6.70. The topological polar surface area (TPSA) is 68.7 Å². The largest absolute Gasteiger partial charge is 0.485 e. The molecule has 0 aliphatic carbocycles. The molecule has 0 saturated carbocycles. The maximum Gasteiger partial charge on any atom is 0.347 e. The molecule has 0 radical (unpaired) electrons. The smallest absolute Gasteiger partial charge is 0.347 e. The van der Waals surface area contributed by atoms with Crippen molar-refractivity contribution in [3.05, 3.63) is 64.2 Å². The Bertz CT molecular complexity index is 1070. The maximum absolute atomic E-state index is 11.3. The van der Waals surface area contributed by atoms with E-state index in [0.29, 0.717) is 11.5 Å². The lowest BCUT2D eigenvalue weighted by atomic mass is 10.1. The number of aryl methyl sites for hydroxylation is 3. The summed E-state index contributed by atoms with van der Waals surface area (Å²) in [6.07, 6.45) is 0.854. The van der Waals surface area contributed by atoms with Crippen LogP contribution in [0.15, 0.2) is 42.5 Å². The molecule has 5 nitrogen and oxygen atoms in total. The number of hydrogen-bond donors (Lipinski definition) is 1. The highest BCUT2D eigenvalue weighted by atomic mass is 32.1. The zero-order valence-corrected chi connectivity index (χ0v) is 19.7. The third-order valence-corrected chi connectivity index (χ3v) is 6.52. The number of ether oxygens (including phenoxy) is 2. The molecule has 0 bridgehead atoms. The predicted octanol–water partition coefficient (Wildman–Crippen LogP) is 6.37. The molecule has 3 aromatic rings. The van der Waals surface area contributed by atoms with Gasteiger partial charge in [-0.3, -0.25) is 0 Å². The van der Waals surface area contributed by atoms with Crippen molar-refractivity contribution in [1.82, 2.24) is 4.98 Å². The number of thiazole rings is 1. The fourth-order valence-electron chi connectivity index (χ4n) is 3.18. The van der Waals surface area contributed by atoms with E-state index in [1.165, 1.54) is 19.4 Å². The molecule has 164 valence electrons. The Hall–Kier alpha value is -2.86. The first-order valence-corrected chi connectivity index (χ1v) is 11.2. The SMILES string of the molecule is CCc1ccc(-c2nc(C)c(C(C)Oc3ccc(OC(C)(C)C(=O)O)c(C)c3)s2)cc1. The van der Waals surface area contributed by atoms with Gasteiger partial charge >= 0.3 is 5.97 Å². The second-order valence-electron chi connectivity index (χ2n) is 8.12. The summed E-state index contributed by atoms with van der Waals surface area (Å²) in [6.45, 7) is 11.1. The summed E-state index contributed by atoms with van der Waals surface area (Å²) in [7, 11) is 0. The number of aliphatic carboxylic acids is 1. The Morgan fingerprint density at radius 2 is 1.84 bits per heavy atom. The van der Waals surface area contributed by atoms with Crippen molar-refractivity contribution in [2.75, 3.05) is 0 Å². The number of benzene rings is 2. The number of aromatic nitrogens is 1. The predicted molar refractivity (Wildman–Crippen MR) is 124 cm³/mol. The second-order valence-corrected chi connectivity index (χ2v) is 9.15. The number of carbonyl (C=O) groups is 1. The van der Waals surface area contributed by atoms with Crippen molar-refractivity contribution in [1.29, 1.82) is 0 Å². The number of carboxylic acid groups (broad SMARTS) is 1. The average molecular weight is 440 g/mol. The lowest BCUT2D eigenvalue weighted by Gasteiger charge is -2.23. The highest BCUT2D eigenvalue weighted by Crippen LogP contribution is 2.35. The Balaban J connectivity index is 1.75. The lowest BCUT2D eigenvalue weighted by molar-refractivity contribution is -0.152. The van der Waals surface area contributed by atoms with Gasteiger partial charge in [0, 0.05) is 5.56 Å². The van der Waals surface area contributed by atoms with E-state index in [1.54, 1.807) is 23.5 Å². The van der Waals surface area contributed by atoms with Gasteiger partial charge < -0.3 is 14.6 Å². The molecule has 0 spiro atoms. The summed E-state index contributed by atoms with van der Waals surface area (Å²) in [6, 6.07) is 13.9. The number of hydrogen-bond acceptors (Lipinski definition) is 5. The minimum absolute atomic E-state index is 0.164. The van der Waals surface area contributed by atoms with E-state index in [4.69, 9.17) is 14.5 Å². The van der Waals surface area contributed by atoms with Crippen LogP contribution in [-0.4, -0.2) is 21.7 Å². The normalized spacial score (nSPS) is 12.5. The monoisotopic (exact) mass is 439 g/mol. The molecule has 0 fully saturated rings. The van der Waals surface area contributed by atoms with E-state index in [9.17, 15) is 9.90 Å². The van der Waals surface area contributed by atoms with Gasteiger partial charge in [-0.1, -0.05) is 31.2 Å². The first kappa shape index (κ1) is 22.8. The molecule has 1 heterocycles. The van der Waals surface area contributed by atoms with Crippen molar-refractivity contribution in [2.24, 2.45) is 0 Å². The molecule has 0 amide bonds. The standard InChI is InChI=1S/C25H29NO4S/c1-7-18-8-10-19(11-9-18)23-26-16(3)22(31-23)17(4)29-20-12-13-21(15(2)14-20)30-25(5,6)24(27)28/h8-14,17H,7H2,1-6H3,(H,27,28). The van der Waals surface area contributed by atoms with Gasteiger partial charge in [0.15, 0.2) is 5.60 Å². The van der Waals surface area contributed by atoms with Crippen LogP contribution in [0.2, 0.25) is 0 Å². The Morgan fingerprint density at radius 3 is 2.42 bits per heavy atom. The quantitative estimate of drug-likeness (QED) is 0.441. The maximum atomic E-state index is 11.3. The lowest BCUT2D eigenvalue weighted by Crippen LogP contribution is -2.38. The van der Waals surface area contributed by atoms with Crippen LogP contribution < -0.4 is 9.47 Å². The van der Waals surface area contributed by atoms with Crippen LogP contribution in [0, 0.1) is 13.8 Å². The molecule has 1 atom stereocenters. The fourth-order valence-corrected chi connectivity index (χ4v) is 4.23. The van der Waals surface area contributed by atoms with Crippen molar-refractivity contribution >= 4 is 17.3 Å². The molecule has 31 heavy (non-hydrogen) atoms. The molecule has 2 aromatic carbocycles. The van der Waals surface area contributed by atoms with Crippen LogP contribution in [0.4, 0.5) is 0 Å². The molecule has 0 aliphatic rings. The van der Waals surface area contributed by atoms with Crippen molar-refractivity contribution < 1.29 is 19.4 Å². The van der Waals surface area contributed by atoms with Crippen molar-refractivity contribution in [3.8, 4) is 22.1 Å². The van der Waals surface area contributed by atoms with Crippen LogP contribution in [0.5, 0.6) is 11.5 Å². The van der Waals surface area contributed by atoms with E-state index in [-0.39, 0.29) is 6.10 Å². The molecule has 1 N–H and O–H groups in total. The Morgan fingerprint density at radius 1 is 1.16 bits per heavy atom. The summed E-state index contributed by atoms with van der Waals surface area (Å²) in [5.74, 6) is 0.216. The van der Waals surface area contributed by atoms with E-state index in [0.717, 1.165) is 33.1 Å². The zero-order chi connectivity index (χ0) is 22.8. The van der Waals surface area contributed by atoms with Gasteiger partial charge in [0.2, 0.25) is 0 Å². The summed E-state index contributed by atoms with van der Waals surface area (Å²) in [5.41, 5.74) is 2.90. The first-order valence-electron chi connectivity index (χ1n) is 10.4. The highest BCUT2D eigenvalue weighted by molar-refractivity contribution is 7.15. The molecule has 1 aromatic heterocycles. The van der Waals surface area contributed by atoms with Gasteiger partial charge in [-0.25, -0.2) is 9.78 Å². The molecule has 3 rings (SSSR count). The molecule has 1 unspecified atom stereocenters. The molecular formula is C25H29NO4S. The minimum atomic E-state index is -1.30. The van der Waals surface area contributed by atoms with Gasteiger partial charge in [0.25, 0.3) is 0 Å². The fraction of sp³-hybridized carbons (Fsp3) is 0.360. The van der Waals surface area contributed by atoms with Gasteiger partial charge in [0.1, 0.15) is 22.6 Å². The van der Waals surface area contributed by atoms with Crippen LogP contribution in [0.1, 0.15) is 55.5 Å². The van der Waals surface area contributed by atoms with Crippen molar-refractivity contribution in [3.63, 3.8) is 0 Å². The van der Waals surface area contributed by atoms with E-state index < -0.39 is 11.6 Å². The van der Waals surface area contributed by atoms with Gasteiger partial charge in [-0.15, -0.1) is 11.3 Å². The minimum Gasteiger partial charge on any atom is -0.485 e. The van der Waals surface area contributed by atoms with Crippen LogP contribution in [-0.2, 0) is 11.2 Å². The summed E-state index contributed by atoms with van der Waals surface area (Å²) in [4.78, 5) is 17.2. The van der Waals surface area contributed by atoms with Gasteiger partial charge in [-0.2, -0.15) is 0 Å². The third-order valence-electron chi connectivity index (χ3n) is 5.15. The van der Waals surface area contributed by atoms with E-state index in [2.05, 4.69) is 31.2 Å². The van der Waals surface area contributed by atoms with Crippen LogP contribution >= 0.6 is 11.3 Å². The highest BCUT2D eigenvalue weighted by Gasteiger charge is 2.30. The summed E-state index contributed by atoms with van der Waals surface area (Å²) in [5, 5.41) is 10.3. The molecule has 0 saturated heterocycles. The van der Waals surface area contributed by atoms with E-state index in [1.807, 2.05) is 26.8 Å². The summed E-state index contributed by atoms with van der Waals surface area (Å²) < 4.78 is 11.8. The number of nitrogens with zero attached hydrogens (tertiary/aromatic N) is 1. The van der Waals surface area contributed by atoms with Gasteiger partial charge in [-0.05, 0) is 70.4 Å². The van der Waals surface area contributed by atoms with Crippen LogP contribution in [0.3, 0.4) is 0 Å². The van der Waals surface area contributed by atoms with Gasteiger partial charge in [0.05, 0.1) is 10.6 Å². The second kappa shape index (κ2) is 9.10. The summed E-state index contributed by atoms with van der Waals surface area (Å²) >= 11 is 1.65.